The van der Waals surface area contributed by atoms with Gasteiger partial charge in [-0.25, -0.2) is 13.1 Å². The highest BCUT2D eigenvalue weighted by atomic mass is 35.5. The van der Waals surface area contributed by atoms with E-state index in [1.807, 2.05) is 25.1 Å². The molecule has 3 nitrogen and oxygen atoms in total. The lowest BCUT2D eigenvalue weighted by Crippen LogP contribution is -2.36. The van der Waals surface area contributed by atoms with Crippen LogP contribution in [0.15, 0.2) is 24.3 Å². The van der Waals surface area contributed by atoms with Gasteiger partial charge in [0.1, 0.15) is 0 Å². The average Bonchev–Trinajstić information content (AvgIpc) is 3.07. The molecule has 1 N–H and O–H groups in total. The lowest BCUT2D eigenvalue weighted by atomic mass is 10.1. The van der Waals surface area contributed by atoms with Gasteiger partial charge in [0.15, 0.2) is 0 Å². The number of rotatable bonds is 6. The Kier molecular flexibility index (Phi) is 3.99. The van der Waals surface area contributed by atoms with Crippen LogP contribution in [0.3, 0.4) is 0 Å². The fourth-order valence-corrected chi connectivity index (χ4v) is 3.92. The first-order valence-electron chi connectivity index (χ1n) is 6.25. The molecule has 0 unspecified atom stereocenters. The van der Waals surface area contributed by atoms with Gasteiger partial charge in [-0.2, -0.15) is 0 Å². The predicted octanol–water partition coefficient (Wildman–Crippen LogP) is 3.05. The standard InChI is InChI=1S/C13H18ClNO2S/c1-2-3-9-18(16,17)15-13(7-8-13)11-5-4-6-12(14)10-11/h4-6,10,15H,2-3,7-9H2,1H3. The quantitative estimate of drug-likeness (QED) is 0.874. The van der Waals surface area contributed by atoms with Gasteiger partial charge in [-0.3, -0.25) is 0 Å². The van der Waals surface area contributed by atoms with E-state index >= 15 is 0 Å². The van der Waals surface area contributed by atoms with Crippen molar-refractivity contribution in [1.82, 2.24) is 4.72 Å². The van der Waals surface area contributed by atoms with E-state index in [4.69, 9.17) is 11.6 Å². The van der Waals surface area contributed by atoms with Crippen molar-refractivity contribution in [3.05, 3.63) is 34.9 Å². The smallest absolute Gasteiger partial charge is 0.212 e. The fourth-order valence-electron chi connectivity index (χ4n) is 2.04. The molecule has 0 aliphatic heterocycles. The van der Waals surface area contributed by atoms with E-state index in [1.54, 1.807) is 6.07 Å². The minimum Gasteiger partial charge on any atom is -0.212 e. The summed E-state index contributed by atoms with van der Waals surface area (Å²) in [5, 5.41) is 0.645. The Bertz CT molecular complexity index is 524. The molecule has 0 bridgehead atoms. The molecule has 1 aliphatic rings. The summed E-state index contributed by atoms with van der Waals surface area (Å²) < 4.78 is 26.8. The fraction of sp³-hybridized carbons (Fsp3) is 0.538. The van der Waals surface area contributed by atoms with Crippen molar-refractivity contribution in [1.29, 1.82) is 0 Å². The summed E-state index contributed by atoms with van der Waals surface area (Å²) in [5.41, 5.74) is 0.562. The van der Waals surface area contributed by atoms with E-state index in [0.717, 1.165) is 24.8 Å². The van der Waals surface area contributed by atoms with Crippen molar-refractivity contribution in [2.24, 2.45) is 0 Å². The first-order chi connectivity index (χ1) is 8.47. The maximum Gasteiger partial charge on any atom is 0.212 e. The average molecular weight is 288 g/mol. The van der Waals surface area contributed by atoms with Gasteiger partial charge in [0.2, 0.25) is 10.0 Å². The van der Waals surface area contributed by atoms with Crippen LogP contribution in [0, 0.1) is 0 Å². The number of unbranched alkanes of at least 4 members (excludes halogenated alkanes) is 1. The molecular formula is C13H18ClNO2S. The highest BCUT2D eigenvalue weighted by molar-refractivity contribution is 7.89. The van der Waals surface area contributed by atoms with Crippen LogP contribution in [-0.4, -0.2) is 14.2 Å². The second kappa shape index (κ2) is 5.19. The van der Waals surface area contributed by atoms with Crippen LogP contribution < -0.4 is 4.72 Å². The molecule has 0 aromatic heterocycles. The molecular weight excluding hydrogens is 270 g/mol. The first kappa shape index (κ1) is 13.8. The van der Waals surface area contributed by atoms with Gasteiger partial charge in [0.05, 0.1) is 11.3 Å². The van der Waals surface area contributed by atoms with Gasteiger partial charge in [0.25, 0.3) is 0 Å². The highest BCUT2D eigenvalue weighted by Gasteiger charge is 2.47. The van der Waals surface area contributed by atoms with Crippen molar-refractivity contribution in [2.45, 2.75) is 38.1 Å². The minimum atomic E-state index is -3.19. The lowest BCUT2D eigenvalue weighted by molar-refractivity contribution is 0.549. The molecule has 100 valence electrons. The molecule has 0 radical (unpaired) electrons. The van der Waals surface area contributed by atoms with Gasteiger partial charge >= 0.3 is 0 Å². The van der Waals surface area contributed by atoms with Gasteiger partial charge in [0, 0.05) is 5.02 Å². The number of halogens is 1. The maximum atomic E-state index is 12.0. The summed E-state index contributed by atoms with van der Waals surface area (Å²) in [6.07, 6.45) is 3.27. The second-order valence-electron chi connectivity index (χ2n) is 4.87. The zero-order valence-electron chi connectivity index (χ0n) is 10.4. The zero-order chi connectivity index (χ0) is 13.2. The Morgan fingerprint density at radius 2 is 2.11 bits per heavy atom. The number of nitrogens with one attached hydrogen (secondary N) is 1. The van der Waals surface area contributed by atoms with Crippen molar-refractivity contribution in [2.75, 3.05) is 5.75 Å². The van der Waals surface area contributed by atoms with Crippen molar-refractivity contribution < 1.29 is 8.42 Å². The van der Waals surface area contributed by atoms with Gasteiger partial charge in [-0.1, -0.05) is 37.1 Å². The third-order valence-electron chi connectivity index (χ3n) is 3.24. The summed E-state index contributed by atoms with van der Waals surface area (Å²) >= 11 is 5.96. The number of benzene rings is 1. The molecule has 5 heteroatoms. The molecule has 0 saturated heterocycles. The lowest BCUT2D eigenvalue weighted by Gasteiger charge is -2.18. The summed E-state index contributed by atoms with van der Waals surface area (Å²) in [5.74, 6) is 0.200. The van der Waals surface area contributed by atoms with Crippen molar-refractivity contribution in [3.63, 3.8) is 0 Å². The Balaban J connectivity index is 2.13. The second-order valence-corrected chi connectivity index (χ2v) is 7.15. The van der Waals surface area contributed by atoms with E-state index in [1.165, 1.54) is 0 Å². The van der Waals surface area contributed by atoms with Gasteiger partial charge in [-0.05, 0) is 37.0 Å². The van der Waals surface area contributed by atoms with E-state index in [-0.39, 0.29) is 5.75 Å². The van der Waals surface area contributed by atoms with E-state index in [0.29, 0.717) is 11.4 Å². The molecule has 1 aromatic rings. The Labute approximate surface area is 114 Å². The zero-order valence-corrected chi connectivity index (χ0v) is 12.0. The molecule has 0 heterocycles. The van der Waals surface area contributed by atoms with Gasteiger partial charge in [-0.15, -0.1) is 0 Å². The Hall–Kier alpha value is -0.580. The van der Waals surface area contributed by atoms with Crippen LogP contribution in [-0.2, 0) is 15.6 Å². The van der Waals surface area contributed by atoms with Crippen molar-refractivity contribution in [3.8, 4) is 0 Å². The maximum absolute atomic E-state index is 12.0. The first-order valence-corrected chi connectivity index (χ1v) is 8.28. The molecule has 1 saturated carbocycles. The number of hydrogen-bond donors (Lipinski definition) is 1. The van der Waals surface area contributed by atoms with Crippen LogP contribution in [0.4, 0.5) is 0 Å². The van der Waals surface area contributed by atoms with Crippen LogP contribution in [0.5, 0.6) is 0 Å². The third-order valence-corrected chi connectivity index (χ3v) is 5.01. The largest absolute Gasteiger partial charge is 0.212 e. The molecule has 18 heavy (non-hydrogen) atoms. The minimum absolute atomic E-state index is 0.200. The Morgan fingerprint density at radius 1 is 1.39 bits per heavy atom. The summed E-state index contributed by atoms with van der Waals surface area (Å²) in [6.45, 7) is 1.99. The SMILES string of the molecule is CCCCS(=O)(=O)NC1(c2cccc(Cl)c2)CC1. The topological polar surface area (TPSA) is 46.2 Å². The summed E-state index contributed by atoms with van der Waals surface area (Å²) in [7, 11) is -3.19. The summed E-state index contributed by atoms with van der Waals surface area (Å²) in [4.78, 5) is 0. The number of sulfonamides is 1. The third kappa shape index (κ3) is 3.25. The molecule has 0 atom stereocenters. The molecule has 1 aliphatic carbocycles. The van der Waals surface area contributed by atoms with E-state index in [2.05, 4.69) is 4.72 Å². The number of hydrogen-bond acceptors (Lipinski definition) is 2. The normalized spacial score (nSPS) is 17.7. The molecule has 1 fully saturated rings. The Morgan fingerprint density at radius 3 is 2.67 bits per heavy atom. The predicted molar refractivity (Wildman–Crippen MR) is 74.2 cm³/mol. The van der Waals surface area contributed by atoms with Crippen LogP contribution in [0.2, 0.25) is 5.02 Å². The van der Waals surface area contributed by atoms with Crippen LogP contribution >= 0.6 is 11.6 Å². The van der Waals surface area contributed by atoms with E-state index < -0.39 is 15.6 Å². The highest BCUT2D eigenvalue weighted by Crippen LogP contribution is 2.46. The van der Waals surface area contributed by atoms with Crippen LogP contribution in [0.25, 0.3) is 0 Å². The van der Waals surface area contributed by atoms with Gasteiger partial charge < -0.3 is 0 Å². The monoisotopic (exact) mass is 287 g/mol. The molecule has 0 spiro atoms. The van der Waals surface area contributed by atoms with Crippen molar-refractivity contribution >= 4 is 21.6 Å². The van der Waals surface area contributed by atoms with Crippen LogP contribution in [0.1, 0.15) is 38.2 Å². The molecule has 0 amide bonds. The van der Waals surface area contributed by atoms with E-state index in [9.17, 15) is 8.42 Å². The molecule has 1 aromatic carbocycles. The summed E-state index contributed by atoms with van der Waals surface area (Å²) in [6, 6.07) is 7.43. The molecule has 2 rings (SSSR count).